The Balaban J connectivity index is 1.73. The van der Waals surface area contributed by atoms with Gasteiger partial charge in [0.2, 0.25) is 0 Å². The number of carbonyl (C=O) groups excluding carboxylic acids is 1. The molecule has 3 aromatic rings. The molecule has 0 saturated heterocycles. The Morgan fingerprint density at radius 2 is 2.00 bits per heavy atom. The zero-order chi connectivity index (χ0) is 16.1. The molecule has 0 aliphatic rings. The van der Waals surface area contributed by atoms with E-state index in [-0.39, 0.29) is 5.91 Å². The second-order valence-corrected chi connectivity index (χ2v) is 5.16. The number of carbonyl (C=O) groups is 1. The lowest BCUT2D eigenvalue weighted by molar-refractivity contribution is 0.0955. The van der Waals surface area contributed by atoms with Crippen molar-refractivity contribution in [2.24, 2.45) is 5.10 Å². The summed E-state index contributed by atoms with van der Waals surface area (Å²) in [7, 11) is 0. The second kappa shape index (κ2) is 6.89. The molecule has 3 rings (SSSR count). The highest BCUT2D eigenvalue weighted by Crippen LogP contribution is 2.15. The van der Waals surface area contributed by atoms with Crippen LogP contribution in [0.2, 0.25) is 5.02 Å². The lowest BCUT2D eigenvalue weighted by Crippen LogP contribution is -2.17. The molecule has 0 saturated carbocycles. The SMILES string of the molecule is O=C(N/N=C\c1cccn1-c1ccc(Cl)cc1)c1cccnc1. The summed E-state index contributed by atoms with van der Waals surface area (Å²) in [6.07, 6.45) is 6.59. The van der Waals surface area contributed by atoms with Crippen LogP contribution in [0.1, 0.15) is 16.1 Å². The van der Waals surface area contributed by atoms with Crippen molar-refractivity contribution in [3.63, 3.8) is 0 Å². The van der Waals surface area contributed by atoms with Gasteiger partial charge in [-0.25, -0.2) is 5.43 Å². The maximum absolute atomic E-state index is 11.9. The number of pyridine rings is 1. The van der Waals surface area contributed by atoms with Gasteiger partial charge in [0.15, 0.2) is 0 Å². The van der Waals surface area contributed by atoms with Gasteiger partial charge < -0.3 is 4.57 Å². The van der Waals surface area contributed by atoms with E-state index in [2.05, 4.69) is 15.5 Å². The van der Waals surface area contributed by atoms with E-state index in [1.54, 1.807) is 24.5 Å². The maximum Gasteiger partial charge on any atom is 0.272 e. The molecular weight excluding hydrogens is 312 g/mol. The number of nitrogens with one attached hydrogen (secondary N) is 1. The van der Waals surface area contributed by atoms with E-state index >= 15 is 0 Å². The molecule has 114 valence electrons. The number of amides is 1. The highest BCUT2D eigenvalue weighted by molar-refractivity contribution is 6.30. The summed E-state index contributed by atoms with van der Waals surface area (Å²) in [5, 5.41) is 4.68. The van der Waals surface area contributed by atoms with Crippen molar-refractivity contribution < 1.29 is 4.79 Å². The third kappa shape index (κ3) is 3.64. The Morgan fingerprint density at radius 3 is 2.74 bits per heavy atom. The Kier molecular flexibility index (Phi) is 4.49. The summed E-state index contributed by atoms with van der Waals surface area (Å²) in [6.45, 7) is 0. The molecule has 0 aliphatic heterocycles. The zero-order valence-corrected chi connectivity index (χ0v) is 12.8. The number of hydrogen-bond acceptors (Lipinski definition) is 3. The van der Waals surface area contributed by atoms with Crippen LogP contribution in [0.15, 0.2) is 72.2 Å². The number of halogens is 1. The monoisotopic (exact) mass is 324 g/mol. The molecule has 2 heterocycles. The summed E-state index contributed by atoms with van der Waals surface area (Å²) in [6, 6.07) is 14.6. The Morgan fingerprint density at radius 1 is 1.17 bits per heavy atom. The van der Waals surface area contributed by atoms with Crippen LogP contribution in [0.5, 0.6) is 0 Å². The molecule has 2 aromatic heterocycles. The van der Waals surface area contributed by atoms with Crippen LogP contribution in [0.25, 0.3) is 5.69 Å². The van der Waals surface area contributed by atoms with Crippen molar-refractivity contribution in [3.05, 3.63) is 83.4 Å². The number of hydrazone groups is 1. The summed E-state index contributed by atoms with van der Waals surface area (Å²) in [4.78, 5) is 15.8. The summed E-state index contributed by atoms with van der Waals surface area (Å²) in [5.41, 5.74) is 4.73. The minimum Gasteiger partial charge on any atom is -0.316 e. The van der Waals surface area contributed by atoms with Gasteiger partial charge in [-0.2, -0.15) is 5.10 Å². The number of rotatable bonds is 4. The molecule has 1 N–H and O–H groups in total. The number of hydrogen-bond donors (Lipinski definition) is 1. The largest absolute Gasteiger partial charge is 0.316 e. The zero-order valence-electron chi connectivity index (χ0n) is 12.1. The molecule has 0 spiro atoms. The highest BCUT2D eigenvalue weighted by atomic mass is 35.5. The number of aromatic nitrogens is 2. The van der Waals surface area contributed by atoms with E-state index in [1.165, 1.54) is 6.20 Å². The van der Waals surface area contributed by atoms with Crippen LogP contribution in [0, 0.1) is 0 Å². The quantitative estimate of drug-likeness (QED) is 0.591. The van der Waals surface area contributed by atoms with Gasteiger partial charge in [-0.05, 0) is 48.5 Å². The first-order chi connectivity index (χ1) is 11.2. The lowest BCUT2D eigenvalue weighted by atomic mass is 10.3. The number of nitrogens with zero attached hydrogens (tertiary/aromatic N) is 3. The maximum atomic E-state index is 11.9. The standard InChI is InChI=1S/C17H13ClN4O/c18-14-5-7-15(8-6-14)22-10-2-4-16(22)12-20-21-17(23)13-3-1-9-19-11-13/h1-12H,(H,21,23)/b20-12-. The molecule has 6 heteroatoms. The van der Waals surface area contributed by atoms with Crippen LogP contribution in [0.3, 0.4) is 0 Å². The van der Waals surface area contributed by atoms with E-state index in [9.17, 15) is 4.79 Å². The fourth-order valence-electron chi connectivity index (χ4n) is 2.05. The third-order valence-electron chi connectivity index (χ3n) is 3.17. The highest BCUT2D eigenvalue weighted by Gasteiger charge is 2.04. The van der Waals surface area contributed by atoms with E-state index in [0.29, 0.717) is 10.6 Å². The van der Waals surface area contributed by atoms with Crippen molar-refractivity contribution in [1.82, 2.24) is 15.0 Å². The molecule has 0 unspecified atom stereocenters. The molecule has 0 fully saturated rings. The Hall–Kier alpha value is -2.92. The van der Waals surface area contributed by atoms with Gasteiger partial charge in [-0.15, -0.1) is 0 Å². The van der Waals surface area contributed by atoms with Crippen LogP contribution in [-0.2, 0) is 0 Å². The smallest absolute Gasteiger partial charge is 0.272 e. The molecular formula is C17H13ClN4O. The first kappa shape index (κ1) is 15.0. The molecule has 0 radical (unpaired) electrons. The van der Waals surface area contributed by atoms with Gasteiger partial charge in [0.25, 0.3) is 5.91 Å². The van der Waals surface area contributed by atoms with Gasteiger partial charge in [0.05, 0.1) is 17.5 Å². The predicted octanol–water partition coefficient (Wildman–Crippen LogP) is 3.29. The molecule has 0 atom stereocenters. The van der Waals surface area contributed by atoms with Crippen LogP contribution in [-0.4, -0.2) is 21.7 Å². The average molecular weight is 325 g/mol. The fraction of sp³-hybridized carbons (Fsp3) is 0. The van der Waals surface area contributed by atoms with Gasteiger partial charge in [-0.3, -0.25) is 9.78 Å². The molecule has 1 aromatic carbocycles. The molecule has 5 nitrogen and oxygen atoms in total. The summed E-state index contributed by atoms with van der Waals surface area (Å²) < 4.78 is 1.94. The summed E-state index contributed by atoms with van der Waals surface area (Å²) in [5.74, 6) is -0.307. The normalized spacial score (nSPS) is 10.8. The van der Waals surface area contributed by atoms with Crippen LogP contribution >= 0.6 is 11.6 Å². The third-order valence-corrected chi connectivity index (χ3v) is 3.42. The Labute approximate surface area is 138 Å². The summed E-state index contributed by atoms with van der Waals surface area (Å²) >= 11 is 5.90. The first-order valence-corrected chi connectivity index (χ1v) is 7.28. The molecule has 23 heavy (non-hydrogen) atoms. The second-order valence-electron chi connectivity index (χ2n) is 4.72. The minimum atomic E-state index is -0.307. The molecule has 0 bridgehead atoms. The van der Waals surface area contributed by atoms with Crippen LogP contribution in [0.4, 0.5) is 0 Å². The van der Waals surface area contributed by atoms with E-state index in [4.69, 9.17) is 11.6 Å². The topological polar surface area (TPSA) is 59.3 Å². The Bertz CT molecular complexity index is 825. The predicted molar refractivity (Wildman–Crippen MR) is 90.1 cm³/mol. The van der Waals surface area contributed by atoms with Gasteiger partial charge in [0, 0.05) is 29.3 Å². The lowest BCUT2D eigenvalue weighted by Gasteiger charge is -2.06. The van der Waals surface area contributed by atoms with E-state index < -0.39 is 0 Å². The van der Waals surface area contributed by atoms with Gasteiger partial charge >= 0.3 is 0 Å². The molecule has 0 aliphatic carbocycles. The van der Waals surface area contributed by atoms with Gasteiger partial charge in [0.1, 0.15) is 0 Å². The molecule has 1 amide bonds. The van der Waals surface area contributed by atoms with E-state index in [1.807, 2.05) is 47.2 Å². The minimum absolute atomic E-state index is 0.307. The van der Waals surface area contributed by atoms with E-state index in [0.717, 1.165) is 11.4 Å². The van der Waals surface area contributed by atoms with Crippen molar-refractivity contribution in [2.45, 2.75) is 0 Å². The van der Waals surface area contributed by atoms with Crippen molar-refractivity contribution in [3.8, 4) is 5.69 Å². The van der Waals surface area contributed by atoms with Crippen LogP contribution < -0.4 is 5.43 Å². The number of benzene rings is 1. The van der Waals surface area contributed by atoms with Crippen molar-refractivity contribution in [1.29, 1.82) is 0 Å². The van der Waals surface area contributed by atoms with Crippen molar-refractivity contribution in [2.75, 3.05) is 0 Å². The van der Waals surface area contributed by atoms with Crippen molar-refractivity contribution >= 4 is 23.7 Å². The fourth-order valence-corrected chi connectivity index (χ4v) is 2.18. The average Bonchev–Trinajstić information content (AvgIpc) is 3.05. The van der Waals surface area contributed by atoms with Gasteiger partial charge in [-0.1, -0.05) is 11.6 Å². The first-order valence-electron chi connectivity index (χ1n) is 6.91.